The molecule has 15 heavy (non-hydrogen) atoms. The molecule has 0 spiro atoms. The number of rotatable bonds is 7. The fraction of sp³-hybridized carbons (Fsp3) is 0.909. The molecule has 90 valence electrons. The lowest BCUT2D eigenvalue weighted by Gasteiger charge is -2.21. The monoisotopic (exact) mass is 216 g/mol. The molecule has 0 bridgehead atoms. The Bertz CT molecular complexity index is 185. The number of hydrogen-bond acceptors (Lipinski definition) is 4. The third-order valence-corrected chi connectivity index (χ3v) is 2.65. The molecule has 0 aromatic rings. The van der Waals surface area contributed by atoms with Gasteiger partial charge in [0.1, 0.15) is 6.04 Å². The van der Waals surface area contributed by atoms with E-state index < -0.39 is 6.04 Å². The van der Waals surface area contributed by atoms with Crippen molar-refractivity contribution < 1.29 is 9.53 Å². The van der Waals surface area contributed by atoms with Gasteiger partial charge in [0, 0.05) is 6.54 Å². The van der Waals surface area contributed by atoms with Crippen LogP contribution in [0.15, 0.2) is 0 Å². The molecule has 0 aliphatic carbocycles. The molecule has 2 unspecified atom stereocenters. The summed E-state index contributed by atoms with van der Waals surface area (Å²) in [5.74, 6) is 0.358. The van der Waals surface area contributed by atoms with Gasteiger partial charge in [-0.2, -0.15) is 0 Å². The number of ether oxygens (including phenoxy) is 1. The van der Waals surface area contributed by atoms with E-state index in [4.69, 9.17) is 5.73 Å². The second-order valence-corrected chi connectivity index (χ2v) is 4.19. The van der Waals surface area contributed by atoms with Crippen molar-refractivity contribution in [1.82, 2.24) is 4.90 Å². The smallest absolute Gasteiger partial charge is 0.322 e. The van der Waals surface area contributed by atoms with E-state index in [1.165, 1.54) is 13.5 Å². The molecule has 2 atom stereocenters. The minimum Gasteiger partial charge on any atom is -0.468 e. The van der Waals surface area contributed by atoms with Crippen molar-refractivity contribution in [3.8, 4) is 0 Å². The molecule has 0 saturated carbocycles. The third-order valence-electron chi connectivity index (χ3n) is 2.65. The summed E-state index contributed by atoms with van der Waals surface area (Å²) in [4.78, 5) is 13.2. The Morgan fingerprint density at radius 1 is 1.53 bits per heavy atom. The van der Waals surface area contributed by atoms with Crippen molar-refractivity contribution in [3.05, 3.63) is 0 Å². The second-order valence-electron chi connectivity index (χ2n) is 4.19. The first-order chi connectivity index (χ1) is 7.01. The molecule has 0 rings (SSSR count). The summed E-state index contributed by atoms with van der Waals surface area (Å²) in [5.41, 5.74) is 5.64. The molecule has 2 N–H and O–H groups in total. The molecule has 0 aliphatic heterocycles. The fourth-order valence-electron chi connectivity index (χ4n) is 1.38. The maximum absolute atomic E-state index is 11.0. The van der Waals surface area contributed by atoms with E-state index in [0.717, 1.165) is 13.1 Å². The van der Waals surface area contributed by atoms with E-state index in [1.54, 1.807) is 0 Å². The van der Waals surface area contributed by atoms with Gasteiger partial charge in [0.2, 0.25) is 0 Å². The predicted molar refractivity (Wildman–Crippen MR) is 61.6 cm³/mol. The van der Waals surface area contributed by atoms with Crippen molar-refractivity contribution in [2.45, 2.75) is 32.7 Å². The van der Waals surface area contributed by atoms with E-state index in [0.29, 0.717) is 12.3 Å². The van der Waals surface area contributed by atoms with Gasteiger partial charge in [-0.1, -0.05) is 20.3 Å². The molecule has 0 saturated heterocycles. The van der Waals surface area contributed by atoms with Gasteiger partial charge in [-0.25, -0.2) is 0 Å². The predicted octanol–water partition coefficient (Wildman–Crippen LogP) is 0.855. The minimum absolute atomic E-state index is 0.327. The van der Waals surface area contributed by atoms with Crippen LogP contribution in [0.25, 0.3) is 0 Å². The lowest BCUT2D eigenvalue weighted by atomic mass is 10.1. The zero-order valence-electron chi connectivity index (χ0n) is 10.3. The number of carbonyl (C=O) groups excluding carboxylic acids is 1. The van der Waals surface area contributed by atoms with Crippen LogP contribution in [-0.4, -0.2) is 44.2 Å². The Hall–Kier alpha value is -0.610. The van der Waals surface area contributed by atoms with Crippen molar-refractivity contribution in [2.24, 2.45) is 11.7 Å². The minimum atomic E-state index is -0.491. The van der Waals surface area contributed by atoms with Crippen LogP contribution in [0.4, 0.5) is 0 Å². The van der Waals surface area contributed by atoms with Crippen molar-refractivity contribution in [3.63, 3.8) is 0 Å². The number of carbonyl (C=O) groups is 1. The van der Waals surface area contributed by atoms with Crippen LogP contribution in [0.2, 0.25) is 0 Å². The van der Waals surface area contributed by atoms with E-state index in [1.807, 2.05) is 0 Å². The molecule has 0 heterocycles. The van der Waals surface area contributed by atoms with E-state index in [9.17, 15) is 4.79 Å². The Kier molecular flexibility index (Phi) is 7.34. The van der Waals surface area contributed by atoms with E-state index in [2.05, 4.69) is 30.5 Å². The average molecular weight is 216 g/mol. The van der Waals surface area contributed by atoms with Crippen molar-refractivity contribution in [2.75, 3.05) is 27.2 Å². The SMILES string of the molecule is CCC(C)CN(C)CCC(N)C(=O)OC. The summed E-state index contributed by atoms with van der Waals surface area (Å²) < 4.78 is 4.56. The topological polar surface area (TPSA) is 55.6 Å². The summed E-state index contributed by atoms with van der Waals surface area (Å²) in [6.45, 7) is 6.28. The normalized spacial score (nSPS) is 15.1. The summed E-state index contributed by atoms with van der Waals surface area (Å²) in [7, 11) is 3.42. The molecule has 0 radical (unpaired) electrons. The fourth-order valence-corrected chi connectivity index (χ4v) is 1.38. The lowest BCUT2D eigenvalue weighted by molar-refractivity contribution is -0.142. The highest BCUT2D eigenvalue weighted by Gasteiger charge is 2.14. The number of methoxy groups -OCH3 is 1. The third kappa shape index (κ3) is 6.47. The molecule has 0 aromatic carbocycles. The van der Waals surface area contributed by atoms with Gasteiger partial charge >= 0.3 is 5.97 Å². The van der Waals surface area contributed by atoms with Gasteiger partial charge in [-0.05, 0) is 25.9 Å². The van der Waals surface area contributed by atoms with Gasteiger partial charge in [0.25, 0.3) is 0 Å². The van der Waals surface area contributed by atoms with Crippen LogP contribution >= 0.6 is 0 Å². The molecule has 0 aromatic heterocycles. The summed E-state index contributed by atoms with van der Waals surface area (Å²) in [6, 6.07) is -0.491. The van der Waals surface area contributed by atoms with Crippen LogP contribution in [-0.2, 0) is 9.53 Å². The van der Waals surface area contributed by atoms with Gasteiger partial charge < -0.3 is 15.4 Å². The summed E-state index contributed by atoms with van der Waals surface area (Å²) in [6.07, 6.45) is 1.83. The van der Waals surface area contributed by atoms with Gasteiger partial charge in [-0.15, -0.1) is 0 Å². The molecule has 0 fully saturated rings. The number of esters is 1. The van der Waals surface area contributed by atoms with Crippen LogP contribution in [0, 0.1) is 5.92 Å². The lowest BCUT2D eigenvalue weighted by Crippen LogP contribution is -2.36. The van der Waals surface area contributed by atoms with E-state index >= 15 is 0 Å². The second kappa shape index (κ2) is 7.65. The highest BCUT2D eigenvalue weighted by atomic mass is 16.5. The number of nitrogens with two attached hydrogens (primary N) is 1. The van der Waals surface area contributed by atoms with Crippen molar-refractivity contribution in [1.29, 1.82) is 0 Å². The molecule has 0 aliphatic rings. The molecular weight excluding hydrogens is 192 g/mol. The molecule has 4 heteroatoms. The quantitative estimate of drug-likeness (QED) is 0.641. The molecule has 0 amide bonds. The maximum atomic E-state index is 11.0. The van der Waals surface area contributed by atoms with Gasteiger partial charge in [0.05, 0.1) is 7.11 Å². The van der Waals surface area contributed by atoms with Crippen molar-refractivity contribution >= 4 is 5.97 Å². The number of hydrogen-bond donors (Lipinski definition) is 1. The first-order valence-electron chi connectivity index (χ1n) is 5.53. The van der Waals surface area contributed by atoms with Crippen LogP contribution in [0.3, 0.4) is 0 Å². The van der Waals surface area contributed by atoms with Crippen LogP contribution in [0.1, 0.15) is 26.7 Å². The zero-order valence-corrected chi connectivity index (χ0v) is 10.3. The number of nitrogens with zero attached hydrogens (tertiary/aromatic N) is 1. The summed E-state index contributed by atoms with van der Waals surface area (Å²) in [5, 5.41) is 0. The zero-order chi connectivity index (χ0) is 11.8. The molecular formula is C11H24N2O2. The van der Waals surface area contributed by atoms with E-state index in [-0.39, 0.29) is 5.97 Å². The van der Waals surface area contributed by atoms with Crippen LogP contribution < -0.4 is 5.73 Å². The summed E-state index contributed by atoms with van der Waals surface area (Å²) >= 11 is 0. The highest BCUT2D eigenvalue weighted by Crippen LogP contribution is 2.03. The first-order valence-corrected chi connectivity index (χ1v) is 5.53. The standard InChI is InChI=1S/C11H24N2O2/c1-5-9(2)8-13(3)7-6-10(12)11(14)15-4/h9-10H,5-8,12H2,1-4H3. The maximum Gasteiger partial charge on any atom is 0.322 e. The Morgan fingerprint density at radius 2 is 2.13 bits per heavy atom. The Balaban J connectivity index is 3.70. The average Bonchev–Trinajstić information content (AvgIpc) is 2.24. The van der Waals surface area contributed by atoms with Gasteiger partial charge in [-0.3, -0.25) is 4.79 Å². The Morgan fingerprint density at radius 3 is 2.60 bits per heavy atom. The highest BCUT2D eigenvalue weighted by molar-refractivity contribution is 5.75. The first kappa shape index (κ1) is 14.4. The molecule has 4 nitrogen and oxygen atoms in total. The van der Waals surface area contributed by atoms with Gasteiger partial charge in [0.15, 0.2) is 0 Å². The van der Waals surface area contributed by atoms with Crippen LogP contribution in [0.5, 0.6) is 0 Å². The largest absolute Gasteiger partial charge is 0.468 e. The Labute approximate surface area is 92.8 Å².